The zero-order valence-electron chi connectivity index (χ0n) is 9.33. The van der Waals surface area contributed by atoms with E-state index in [0.717, 1.165) is 25.6 Å². The van der Waals surface area contributed by atoms with Crippen molar-refractivity contribution in [3.05, 3.63) is 23.4 Å². The van der Waals surface area contributed by atoms with Gasteiger partial charge in [-0.05, 0) is 11.5 Å². The van der Waals surface area contributed by atoms with Crippen LogP contribution in [-0.2, 0) is 0 Å². The first-order valence-corrected chi connectivity index (χ1v) is 4.91. The van der Waals surface area contributed by atoms with Gasteiger partial charge in [-0.3, -0.25) is 4.99 Å². The van der Waals surface area contributed by atoms with E-state index in [-0.39, 0.29) is 1.43 Å². The quantitative estimate of drug-likeness (QED) is 0.629. The van der Waals surface area contributed by atoms with Crippen LogP contribution in [0.5, 0.6) is 0 Å². The fourth-order valence-electron chi connectivity index (χ4n) is 1.79. The van der Waals surface area contributed by atoms with Gasteiger partial charge in [0.15, 0.2) is 0 Å². The van der Waals surface area contributed by atoms with Crippen molar-refractivity contribution in [2.45, 2.75) is 13.8 Å². The summed E-state index contributed by atoms with van der Waals surface area (Å²) in [5, 5.41) is 0. The lowest BCUT2D eigenvalue weighted by molar-refractivity contribution is 0.355. The third-order valence-electron chi connectivity index (χ3n) is 2.36. The highest BCUT2D eigenvalue weighted by Gasteiger charge is 2.15. The van der Waals surface area contributed by atoms with E-state index in [9.17, 15) is 0 Å². The van der Waals surface area contributed by atoms with Gasteiger partial charge in [-0.25, -0.2) is 0 Å². The van der Waals surface area contributed by atoms with Crippen molar-refractivity contribution in [1.82, 2.24) is 4.90 Å². The molecule has 13 heavy (non-hydrogen) atoms. The van der Waals surface area contributed by atoms with Crippen LogP contribution in [0.15, 0.2) is 28.4 Å². The Hall–Kier alpha value is -1.05. The monoisotopic (exact) mass is 177 g/mol. The summed E-state index contributed by atoms with van der Waals surface area (Å²) < 4.78 is 0. The fraction of sp³-hybridized carbons (Fsp3) is 0.545. The molecule has 0 fully saturated rings. The first kappa shape index (κ1) is 8.54. The molecule has 0 saturated heterocycles. The lowest BCUT2D eigenvalue weighted by Gasteiger charge is -2.25. The molecular weight excluding hydrogens is 160 g/mol. The standard InChI is InChI=1S/C11H16N2/c1-9(2)7-13-4-3-10-5-12-6-11(10)8-13/h3,6,8-9H,4-5,7H2,1-2H3/p+1. The van der Waals surface area contributed by atoms with Crippen molar-refractivity contribution in [3.8, 4) is 0 Å². The molecule has 2 heterocycles. The third kappa shape index (κ3) is 1.82. The number of hydrogen-bond acceptors (Lipinski definition) is 2. The van der Waals surface area contributed by atoms with E-state index in [1.165, 1.54) is 11.1 Å². The fourth-order valence-corrected chi connectivity index (χ4v) is 1.79. The summed E-state index contributed by atoms with van der Waals surface area (Å²) in [6, 6.07) is 0. The van der Waals surface area contributed by atoms with E-state index < -0.39 is 0 Å². The zero-order valence-corrected chi connectivity index (χ0v) is 8.33. The third-order valence-corrected chi connectivity index (χ3v) is 2.36. The number of fused-ring (bicyclic) bond motifs is 1. The molecule has 2 heteroatoms. The van der Waals surface area contributed by atoms with Gasteiger partial charge in [0.2, 0.25) is 0 Å². The van der Waals surface area contributed by atoms with E-state index >= 15 is 0 Å². The van der Waals surface area contributed by atoms with Crippen LogP contribution in [-0.4, -0.2) is 30.7 Å². The normalized spacial score (nSPS) is 20.4. The van der Waals surface area contributed by atoms with Crippen LogP contribution < -0.4 is 0 Å². The zero-order chi connectivity index (χ0) is 9.26. The minimum Gasteiger partial charge on any atom is -0.373 e. The van der Waals surface area contributed by atoms with Crippen LogP contribution in [0.1, 0.15) is 15.3 Å². The number of nitrogens with zero attached hydrogens (tertiary/aromatic N) is 2. The van der Waals surface area contributed by atoms with Crippen LogP contribution in [0.4, 0.5) is 0 Å². The Bertz CT molecular complexity index is 290. The molecule has 2 aliphatic heterocycles. The van der Waals surface area contributed by atoms with Gasteiger partial charge >= 0.3 is 1.43 Å². The second kappa shape index (κ2) is 3.36. The Balaban J connectivity index is 0.000000980. The Kier molecular flexibility index (Phi) is 2.21. The van der Waals surface area contributed by atoms with Gasteiger partial charge in [-0.15, -0.1) is 0 Å². The maximum atomic E-state index is 4.25. The van der Waals surface area contributed by atoms with Gasteiger partial charge in [0, 0.05) is 31.1 Å². The number of rotatable bonds is 2. The molecule has 0 N–H and O–H groups in total. The summed E-state index contributed by atoms with van der Waals surface area (Å²) in [7, 11) is 0. The molecule has 0 atom stereocenters. The Morgan fingerprint density at radius 3 is 3.23 bits per heavy atom. The summed E-state index contributed by atoms with van der Waals surface area (Å²) in [6.45, 7) is 7.59. The average molecular weight is 177 g/mol. The molecule has 0 aromatic heterocycles. The Morgan fingerprint density at radius 1 is 1.62 bits per heavy atom. The lowest BCUT2D eigenvalue weighted by Crippen LogP contribution is -2.25. The molecule has 0 unspecified atom stereocenters. The Labute approximate surface area is 81.1 Å². The van der Waals surface area contributed by atoms with E-state index in [1.807, 2.05) is 6.21 Å². The van der Waals surface area contributed by atoms with Crippen molar-refractivity contribution in [2.24, 2.45) is 10.9 Å². The van der Waals surface area contributed by atoms with E-state index in [0.29, 0.717) is 0 Å². The number of aliphatic imine (C=N–C) groups is 1. The highest BCUT2D eigenvalue weighted by Crippen LogP contribution is 2.20. The van der Waals surface area contributed by atoms with Crippen LogP contribution in [0.25, 0.3) is 0 Å². The molecule has 0 aliphatic carbocycles. The van der Waals surface area contributed by atoms with Crippen LogP contribution in [0.3, 0.4) is 0 Å². The Morgan fingerprint density at radius 2 is 2.46 bits per heavy atom. The first-order chi connectivity index (χ1) is 6.25. The molecule has 70 valence electrons. The molecule has 2 nitrogen and oxygen atoms in total. The smallest absolute Gasteiger partial charge is 0.373 e. The highest BCUT2D eigenvalue weighted by molar-refractivity contribution is 5.88. The van der Waals surface area contributed by atoms with E-state index in [4.69, 9.17) is 0 Å². The molecule has 0 spiro atoms. The van der Waals surface area contributed by atoms with Gasteiger partial charge in [0.25, 0.3) is 0 Å². The van der Waals surface area contributed by atoms with Gasteiger partial charge in [-0.2, -0.15) is 0 Å². The highest BCUT2D eigenvalue weighted by atomic mass is 15.1. The SMILES string of the molecule is CC(C)CN1C=C2C=NCC2=CC1.[H+]. The van der Waals surface area contributed by atoms with Gasteiger partial charge < -0.3 is 4.90 Å². The molecule has 2 aliphatic rings. The minimum atomic E-state index is 0. The van der Waals surface area contributed by atoms with Crippen molar-refractivity contribution < 1.29 is 1.43 Å². The van der Waals surface area contributed by atoms with Crippen molar-refractivity contribution in [1.29, 1.82) is 0 Å². The van der Waals surface area contributed by atoms with Crippen LogP contribution >= 0.6 is 0 Å². The summed E-state index contributed by atoms with van der Waals surface area (Å²) in [5.41, 5.74) is 2.71. The molecular formula is C11H17N2+. The van der Waals surface area contributed by atoms with Gasteiger partial charge in [0.05, 0.1) is 6.54 Å². The lowest BCUT2D eigenvalue weighted by atomic mass is 10.1. The second-order valence-corrected chi connectivity index (χ2v) is 4.13. The van der Waals surface area contributed by atoms with Crippen molar-refractivity contribution in [3.63, 3.8) is 0 Å². The van der Waals surface area contributed by atoms with E-state index in [2.05, 4.69) is 36.0 Å². The summed E-state index contributed by atoms with van der Waals surface area (Å²) in [4.78, 5) is 6.62. The predicted molar refractivity (Wildman–Crippen MR) is 57.0 cm³/mol. The maximum absolute atomic E-state index is 4.25. The van der Waals surface area contributed by atoms with Crippen LogP contribution in [0, 0.1) is 5.92 Å². The number of hydrogen-bond donors (Lipinski definition) is 0. The second-order valence-electron chi connectivity index (χ2n) is 4.13. The van der Waals surface area contributed by atoms with E-state index in [1.54, 1.807) is 0 Å². The van der Waals surface area contributed by atoms with Crippen molar-refractivity contribution in [2.75, 3.05) is 19.6 Å². The summed E-state index contributed by atoms with van der Waals surface area (Å²) in [6.07, 6.45) is 6.52. The molecule has 0 saturated carbocycles. The average Bonchev–Trinajstić information content (AvgIpc) is 2.49. The minimum absolute atomic E-state index is 0. The maximum Gasteiger partial charge on any atom is 1.00 e. The molecule has 0 bridgehead atoms. The molecule has 0 aromatic carbocycles. The van der Waals surface area contributed by atoms with Crippen molar-refractivity contribution >= 4 is 6.21 Å². The van der Waals surface area contributed by atoms with Gasteiger partial charge in [0.1, 0.15) is 0 Å². The molecule has 0 aromatic rings. The first-order valence-electron chi connectivity index (χ1n) is 4.91. The summed E-state index contributed by atoms with van der Waals surface area (Å²) >= 11 is 0. The molecule has 2 rings (SSSR count). The topological polar surface area (TPSA) is 15.6 Å². The molecule has 0 amide bonds. The van der Waals surface area contributed by atoms with Crippen LogP contribution in [0.2, 0.25) is 0 Å². The predicted octanol–water partition coefficient (Wildman–Crippen LogP) is 1.97. The van der Waals surface area contributed by atoms with Gasteiger partial charge in [-0.1, -0.05) is 19.9 Å². The largest absolute Gasteiger partial charge is 1.00 e. The molecule has 0 radical (unpaired) electrons. The summed E-state index contributed by atoms with van der Waals surface area (Å²) in [5.74, 6) is 0.727.